The predicted octanol–water partition coefficient (Wildman–Crippen LogP) is 2.25. The first-order valence-electron chi connectivity index (χ1n) is 8.66. The molecule has 2 fully saturated rings. The summed E-state index contributed by atoms with van der Waals surface area (Å²) in [6.45, 7) is 3.07. The van der Waals surface area contributed by atoms with Crippen molar-refractivity contribution in [1.29, 1.82) is 0 Å². The maximum atomic E-state index is 13.2. The molecule has 1 aromatic heterocycles. The zero-order chi connectivity index (χ0) is 16.4. The number of hydrogen-bond acceptors (Lipinski definition) is 4. The molecule has 0 atom stereocenters. The zero-order valence-corrected chi connectivity index (χ0v) is 13.8. The van der Waals surface area contributed by atoms with E-state index in [1.165, 1.54) is 5.56 Å². The lowest BCUT2D eigenvalue weighted by Crippen LogP contribution is -2.57. The van der Waals surface area contributed by atoms with Crippen LogP contribution in [0.3, 0.4) is 0 Å². The van der Waals surface area contributed by atoms with Crippen LogP contribution in [0.25, 0.3) is 0 Å². The fourth-order valence-electron chi connectivity index (χ4n) is 3.78. The van der Waals surface area contributed by atoms with Crippen molar-refractivity contribution in [2.45, 2.75) is 24.7 Å². The average Bonchev–Trinajstić information content (AvgIpc) is 2.62. The van der Waals surface area contributed by atoms with Crippen molar-refractivity contribution in [2.75, 3.05) is 31.1 Å². The van der Waals surface area contributed by atoms with Crippen LogP contribution in [-0.2, 0) is 10.2 Å². The topological polar surface area (TPSA) is 49.3 Å². The largest absolute Gasteiger partial charge is 0.338 e. The Morgan fingerprint density at radius 3 is 2.17 bits per heavy atom. The van der Waals surface area contributed by atoms with Gasteiger partial charge >= 0.3 is 0 Å². The second-order valence-electron chi connectivity index (χ2n) is 6.63. The molecule has 0 N–H and O–H groups in total. The number of piperazine rings is 1. The third kappa shape index (κ3) is 2.54. The van der Waals surface area contributed by atoms with Crippen LogP contribution in [0, 0.1) is 0 Å². The number of carbonyl (C=O) groups excluding carboxylic acids is 1. The predicted molar refractivity (Wildman–Crippen MR) is 92.8 cm³/mol. The molecule has 0 radical (unpaired) electrons. The summed E-state index contributed by atoms with van der Waals surface area (Å²) in [6.07, 6.45) is 6.60. The number of carbonyl (C=O) groups is 1. The van der Waals surface area contributed by atoms with Gasteiger partial charge in [0.15, 0.2) is 0 Å². The third-order valence-corrected chi connectivity index (χ3v) is 5.34. The Balaban J connectivity index is 1.46. The highest BCUT2D eigenvalue weighted by Gasteiger charge is 2.47. The van der Waals surface area contributed by atoms with E-state index in [4.69, 9.17) is 0 Å². The molecule has 5 nitrogen and oxygen atoms in total. The lowest BCUT2D eigenvalue weighted by molar-refractivity contribution is -0.141. The fourth-order valence-corrected chi connectivity index (χ4v) is 3.78. The Morgan fingerprint density at radius 2 is 1.58 bits per heavy atom. The number of benzene rings is 1. The van der Waals surface area contributed by atoms with Crippen LogP contribution in [0.5, 0.6) is 0 Å². The summed E-state index contributed by atoms with van der Waals surface area (Å²) in [5.41, 5.74) is 0.891. The maximum Gasteiger partial charge on any atom is 0.233 e. The van der Waals surface area contributed by atoms with Crippen molar-refractivity contribution in [3.05, 3.63) is 54.4 Å². The van der Waals surface area contributed by atoms with Crippen LogP contribution in [0.15, 0.2) is 48.8 Å². The molecule has 0 unspecified atom stereocenters. The zero-order valence-electron chi connectivity index (χ0n) is 13.8. The monoisotopic (exact) mass is 322 g/mol. The van der Waals surface area contributed by atoms with E-state index < -0.39 is 0 Å². The molecule has 124 valence electrons. The number of anilines is 1. The number of hydrogen-bond donors (Lipinski definition) is 0. The standard InChI is InChI=1S/C19H22N4O/c24-17(19(8-4-9-19)16-6-2-1-3-7-16)22-12-14-23(15-13-22)18-20-10-5-11-21-18/h1-3,5-7,10-11H,4,8-9,12-15H2. The summed E-state index contributed by atoms with van der Waals surface area (Å²) in [5, 5.41) is 0. The molecule has 2 heterocycles. The Labute approximate surface area is 142 Å². The van der Waals surface area contributed by atoms with Gasteiger partial charge in [-0.05, 0) is 24.5 Å². The second kappa shape index (κ2) is 6.23. The van der Waals surface area contributed by atoms with Gasteiger partial charge in [-0.1, -0.05) is 36.8 Å². The normalized spacial score (nSPS) is 19.7. The molecule has 1 saturated carbocycles. The van der Waals surface area contributed by atoms with Gasteiger partial charge in [-0.3, -0.25) is 4.79 Å². The molecule has 1 saturated heterocycles. The minimum absolute atomic E-state index is 0.285. The summed E-state index contributed by atoms with van der Waals surface area (Å²) in [4.78, 5) is 26.0. The van der Waals surface area contributed by atoms with Crippen molar-refractivity contribution in [1.82, 2.24) is 14.9 Å². The first-order valence-corrected chi connectivity index (χ1v) is 8.66. The Bertz CT molecular complexity index is 692. The third-order valence-electron chi connectivity index (χ3n) is 5.34. The van der Waals surface area contributed by atoms with Crippen molar-refractivity contribution in [3.8, 4) is 0 Å². The van der Waals surface area contributed by atoms with Crippen molar-refractivity contribution < 1.29 is 4.79 Å². The molecule has 1 aromatic carbocycles. The van der Waals surface area contributed by atoms with Crippen LogP contribution in [-0.4, -0.2) is 47.0 Å². The number of aromatic nitrogens is 2. The number of amides is 1. The Hall–Kier alpha value is -2.43. The first kappa shape index (κ1) is 15.1. The average molecular weight is 322 g/mol. The highest BCUT2D eigenvalue weighted by atomic mass is 16.2. The van der Waals surface area contributed by atoms with E-state index >= 15 is 0 Å². The minimum atomic E-state index is -0.285. The van der Waals surface area contributed by atoms with Gasteiger partial charge in [-0.2, -0.15) is 0 Å². The van der Waals surface area contributed by atoms with Gasteiger partial charge in [-0.15, -0.1) is 0 Å². The second-order valence-corrected chi connectivity index (χ2v) is 6.63. The van der Waals surface area contributed by atoms with Crippen molar-refractivity contribution in [2.24, 2.45) is 0 Å². The van der Waals surface area contributed by atoms with E-state index in [1.54, 1.807) is 12.4 Å². The van der Waals surface area contributed by atoms with Gasteiger partial charge < -0.3 is 9.80 Å². The highest BCUT2D eigenvalue weighted by Crippen LogP contribution is 2.45. The number of rotatable bonds is 3. The first-order chi connectivity index (χ1) is 11.8. The summed E-state index contributed by atoms with van der Waals surface area (Å²) >= 11 is 0. The fraction of sp³-hybridized carbons (Fsp3) is 0.421. The lowest BCUT2D eigenvalue weighted by Gasteiger charge is -2.46. The molecule has 0 bridgehead atoms. The van der Waals surface area contributed by atoms with Gasteiger partial charge in [0.25, 0.3) is 0 Å². The number of nitrogens with zero attached hydrogens (tertiary/aromatic N) is 4. The van der Waals surface area contributed by atoms with Crippen LogP contribution >= 0.6 is 0 Å². The Morgan fingerprint density at radius 1 is 0.917 bits per heavy atom. The Kier molecular flexibility index (Phi) is 3.92. The molecule has 1 amide bonds. The van der Waals surface area contributed by atoms with Gasteiger partial charge in [0.2, 0.25) is 11.9 Å². The highest BCUT2D eigenvalue weighted by molar-refractivity contribution is 5.89. The van der Waals surface area contributed by atoms with Gasteiger partial charge in [0.05, 0.1) is 5.41 Å². The lowest BCUT2D eigenvalue weighted by atomic mass is 9.63. The van der Waals surface area contributed by atoms with Gasteiger partial charge in [0.1, 0.15) is 0 Å². The van der Waals surface area contributed by atoms with Crippen LogP contribution < -0.4 is 4.90 Å². The molecule has 1 aliphatic heterocycles. The molecule has 24 heavy (non-hydrogen) atoms. The molecular weight excluding hydrogens is 300 g/mol. The molecule has 2 aliphatic rings. The van der Waals surface area contributed by atoms with E-state index in [-0.39, 0.29) is 5.41 Å². The maximum absolute atomic E-state index is 13.2. The molecule has 5 heteroatoms. The van der Waals surface area contributed by atoms with Crippen LogP contribution in [0.1, 0.15) is 24.8 Å². The quantitative estimate of drug-likeness (QED) is 0.870. The molecule has 1 aliphatic carbocycles. The van der Waals surface area contributed by atoms with Crippen molar-refractivity contribution in [3.63, 3.8) is 0 Å². The van der Waals surface area contributed by atoms with Crippen LogP contribution in [0.2, 0.25) is 0 Å². The minimum Gasteiger partial charge on any atom is -0.338 e. The summed E-state index contributed by atoms with van der Waals surface area (Å²) in [6, 6.07) is 12.1. The van der Waals surface area contributed by atoms with E-state index in [1.807, 2.05) is 29.2 Å². The molecule has 2 aromatic rings. The summed E-state index contributed by atoms with van der Waals surface area (Å²) in [7, 11) is 0. The SMILES string of the molecule is O=C(N1CCN(c2ncccn2)CC1)C1(c2ccccc2)CCC1. The van der Waals surface area contributed by atoms with E-state index in [2.05, 4.69) is 27.0 Å². The summed E-state index contributed by atoms with van der Waals surface area (Å²) < 4.78 is 0. The van der Waals surface area contributed by atoms with Gasteiger partial charge in [0, 0.05) is 38.6 Å². The molecule has 0 spiro atoms. The smallest absolute Gasteiger partial charge is 0.233 e. The molecule has 4 rings (SSSR count). The van der Waals surface area contributed by atoms with Crippen LogP contribution in [0.4, 0.5) is 5.95 Å². The van der Waals surface area contributed by atoms with E-state index in [0.29, 0.717) is 5.91 Å². The van der Waals surface area contributed by atoms with Gasteiger partial charge in [-0.25, -0.2) is 9.97 Å². The molecular formula is C19H22N4O. The summed E-state index contributed by atoms with van der Waals surface area (Å²) in [5.74, 6) is 1.06. The van der Waals surface area contributed by atoms with E-state index in [0.717, 1.165) is 51.4 Å². The van der Waals surface area contributed by atoms with E-state index in [9.17, 15) is 4.79 Å². The van der Waals surface area contributed by atoms with Crippen molar-refractivity contribution >= 4 is 11.9 Å².